The van der Waals surface area contributed by atoms with Crippen molar-refractivity contribution in [1.29, 1.82) is 5.26 Å². The maximum atomic E-state index is 12.6. The quantitative estimate of drug-likeness (QED) is 0.854. The van der Waals surface area contributed by atoms with Gasteiger partial charge in [0.25, 0.3) is 0 Å². The first kappa shape index (κ1) is 17.8. The van der Waals surface area contributed by atoms with Gasteiger partial charge in [-0.15, -0.1) is 0 Å². The molecule has 3 nitrogen and oxygen atoms in total. The Kier molecular flexibility index (Phi) is 4.30. The van der Waals surface area contributed by atoms with Crippen molar-refractivity contribution in [2.24, 2.45) is 11.3 Å². The van der Waals surface area contributed by atoms with Gasteiger partial charge in [-0.25, -0.2) is 0 Å². The second-order valence-corrected chi connectivity index (χ2v) is 8.50. The molecule has 0 unspecified atom stereocenters. The molecule has 0 radical (unpaired) electrons. The molecule has 4 atom stereocenters. The van der Waals surface area contributed by atoms with E-state index in [1.165, 1.54) is 22.3 Å². The zero-order chi connectivity index (χ0) is 19.2. The number of hydrogen-bond acceptors (Lipinski definition) is 2. The summed E-state index contributed by atoms with van der Waals surface area (Å²) in [6.45, 7) is 7.11. The van der Waals surface area contributed by atoms with Crippen molar-refractivity contribution in [2.45, 2.75) is 45.4 Å². The van der Waals surface area contributed by atoms with Crippen molar-refractivity contribution in [2.75, 3.05) is 6.54 Å². The van der Waals surface area contributed by atoms with Crippen LogP contribution in [-0.4, -0.2) is 12.5 Å². The lowest BCUT2D eigenvalue weighted by atomic mass is 9.57. The van der Waals surface area contributed by atoms with Crippen molar-refractivity contribution in [3.63, 3.8) is 0 Å². The molecule has 2 aliphatic rings. The zero-order valence-corrected chi connectivity index (χ0v) is 16.3. The number of benzene rings is 2. The van der Waals surface area contributed by atoms with Crippen LogP contribution >= 0.6 is 0 Å². The summed E-state index contributed by atoms with van der Waals surface area (Å²) in [5, 5.41) is 12.3. The molecule has 1 saturated carbocycles. The summed E-state index contributed by atoms with van der Waals surface area (Å²) < 4.78 is 0. The van der Waals surface area contributed by atoms with Crippen molar-refractivity contribution in [3.05, 3.63) is 70.3 Å². The SMILES string of the molecule is Cc1ccc([C@H]2[C@H](c3ccc(C#N)cc3C)CC[C@@]3(C)C(=O)NC[C@@H]23)cc1. The molecule has 3 heteroatoms. The normalized spacial score (nSPS) is 29.7. The Balaban J connectivity index is 1.82. The van der Waals surface area contributed by atoms with Crippen molar-refractivity contribution >= 4 is 5.91 Å². The molecule has 1 saturated heterocycles. The van der Waals surface area contributed by atoms with Crippen LogP contribution in [0.3, 0.4) is 0 Å². The lowest BCUT2D eigenvalue weighted by Gasteiger charge is -2.45. The minimum absolute atomic E-state index is 0.208. The van der Waals surface area contributed by atoms with Crippen LogP contribution in [0.25, 0.3) is 0 Å². The molecule has 0 spiro atoms. The fourth-order valence-corrected chi connectivity index (χ4v) is 5.30. The molecule has 2 aromatic carbocycles. The average Bonchev–Trinajstić information content (AvgIpc) is 2.97. The summed E-state index contributed by atoms with van der Waals surface area (Å²) in [6, 6.07) is 17.1. The highest BCUT2D eigenvalue weighted by Crippen LogP contribution is 2.57. The van der Waals surface area contributed by atoms with Gasteiger partial charge in [0.05, 0.1) is 17.0 Å². The van der Waals surface area contributed by atoms with Gasteiger partial charge in [0.1, 0.15) is 0 Å². The monoisotopic (exact) mass is 358 g/mol. The molecule has 0 aromatic heterocycles. The number of carbonyl (C=O) groups excluding carboxylic acids is 1. The van der Waals surface area contributed by atoms with E-state index in [2.05, 4.69) is 62.5 Å². The van der Waals surface area contributed by atoms with E-state index in [-0.39, 0.29) is 11.3 Å². The third-order valence-electron chi connectivity index (χ3n) is 6.92. The second kappa shape index (κ2) is 6.53. The van der Waals surface area contributed by atoms with E-state index in [0.717, 1.165) is 19.4 Å². The highest BCUT2D eigenvalue weighted by atomic mass is 16.2. The summed E-state index contributed by atoms with van der Waals surface area (Å²) in [5.41, 5.74) is 5.50. The Hall–Kier alpha value is -2.60. The molecule has 138 valence electrons. The van der Waals surface area contributed by atoms with Gasteiger partial charge in [-0.05, 0) is 73.3 Å². The van der Waals surface area contributed by atoms with Gasteiger partial charge >= 0.3 is 0 Å². The number of nitrogens with one attached hydrogen (secondary N) is 1. The third-order valence-corrected chi connectivity index (χ3v) is 6.92. The Bertz CT molecular complexity index is 924. The molecule has 2 fully saturated rings. The molecular weight excluding hydrogens is 332 g/mol. The minimum Gasteiger partial charge on any atom is -0.355 e. The highest BCUT2D eigenvalue weighted by Gasteiger charge is 2.54. The molecule has 1 aliphatic heterocycles. The van der Waals surface area contributed by atoms with Gasteiger partial charge in [-0.1, -0.05) is 42.8 Å². The maximum absolute atomic E-state index is 12.6. The van der Waals surface area contributed by atoms with E-state index in [1.807, 2.05) is 12.1 Å². The Morgan fingerprint density at radius 3 is 2.56 bits per heavy atom. The second-order valence-electron chi connectivity index (χ2n) is 8.50. The van der Waals surface area contributed by atoms with Crippen LogP contribution in [0.1, 0.15) is 59.4 Å². The van der Waals surface area contributed by atoms with Gasteiger partial charge in [0.15, 0.2) is 0 Å². The molecule has 27 heavy (non-hydrogen) atoms. The van der Waals surface area contributed by atoms with E-state index in [9.17, 15) is 10.1 Å². The molecule has 4 rings (SSSR count). The summed E-state index contributed by atoms with van der Waals surface area (Å²) in [4.78, 5) is 12.6. The van der Waals surface area contributed by atoms with Crippen LogP contribution in [0.2, 0.25) is 0 Å². The largest absolute Gasteiger partial charge is 0.355 e. The zero-order valence-electron chi connectivity index (χ0n) is 16.3. The van der Waals surface area contributed by atoms with E-state index in [1.54, 1.807) is 0 Å². The first-order chi connectivity index (χ1) is 12.9. The van der Waals surface area contributed by atoms with E-state index < -0.39 is 0 Å². The number of rotatable bonds is 2. The number of hydrogen-bond donors (Lipinski definition) is 1. The first-order valence-electron chi connectivity index (χ1n) is 9.79. The summed E-state index contributed by atoms with van der Waals surface area (Å²) in [7, 11) is 0. The standard InChI is InChI=1S/C24H26N2O/c1-15-4-7-18(8-5-15)22-20(19-9-6-17(13-25)12-16(19)2)10-11-24(3)21(22)14-26-23(24)27/h4-9,12,20-22H,10-11,14H2,1-3H3,(H,26,27)/t20-,21-,22-,24+/m0/s1. The maximum Gasteiger partial charge on any atom is 0.226 e. The lowest BCUT2D eigenvalue weighted by Crippen LogP contribution is -2.41. The minimum atomic E-state index is -0.285. The van der Waals surface area contributed by atoms with Crippen molar-refractivity contribution in [3.8, 4) is 6.07 Å². The van der Waals surface area contributed by atoms with E-state index >= 15 is 0 Å². The van der Waals surface area contributed by atoms with Crippen LogP contribution in [-0.2, 0) is 4.79 Å². The topological polar surface area (TPSA) is 52.9 Å². The van der Waals surface area contributed by atoms with Gasteiger partial charge in [0, 0.05) is 6.54 Å². The number of carbonyl (C=O) groups is 1. The van der Waals surface area contributed by atoms with Crippen molar-refractivity contribution < 1.29 is 4.79 Å². The Morgan fingerprint density at radius 2 is 1.89 bits per heavy atom. The Labute approximate surface area is 161 Å². The molecule has 2 aromatic rings. The number of fused-ring (bicyclic) bond motifs is 1. The van der Waals surface area contributed by atoms with E-state index in [0.29, 0.717) is 23.3 Å². The molecule has 1 amide bonds. The van der Waals surface area contributed by atoms with Crippen LogP contribution in [0.15, 0.2) is 42.5 Å². The summed E-state index contributed by atoms with van der Waals surface area (Å²) in [5.74, 6) is 1.17. The molecule has 1 aliphatic carbocycles. The van der Waals surface area contributed by atoms with Gasteiger partial charge < -0.3 is 5.32 Å². The third kappa shape index (κ3) is 2.84. The van der Waals surface area contributed by atoms with Crippen LogP contribution < -0.4 is 5.32 Å². The van der Waals surface area contributed by atoms with Gasteiger partial charge in [-0.3, -0.25) is 4.79 Å². The number of aryl methyl sites for hydroxylation is 2. The van der Waals surface area contributed by atoms with Gasteiger partial charge in [-0.2, -0.15) is 5.26 Å². The van der Waals surface area contributed by atoms with Crippen LogP contribution in [0.4, 0.5) is 0 Å². The van der Waals surface area contributed by atoms with Crippen LogP contribution in [0.5, 0.6) is 0 Å². The fourth-order valence-electron chi connectivity index (χ4n) is 5.30. The predicted molar refractivity (Wildman–Crippen MR) is 106 cm³/mol. The number of amides is 1. The molecular formula is C24H26N2O. The van der Waals surface area contributed by atoms with E-state index in [4.69, 9.17) is 0 Å². The summed E-state index contributed by atoms with van der Waals surface area (Å²) >= 11 is 0. The lowest BCUT2D eigenvalue weighted by molar-refractivity contribution is -0.129. The van der Waals surface area contributed by atoms with Crippen molar-refractivity contribution in [1.82, 2.24) is 5.32 Å². The average molecular weight is 358 g/mol. The fraction of sp³-hybridized carbons (Fsp3) is 0.417. The highest BCUT2D eigenvalue weighted by molar-refractivity contribution is 5.85. The Morgan fingerprint density at radius 1 is 1.15 bits per heavy atom. The smallest absolute Gasteiger partial charge is 0.226 e. The first-order valence-corrected chi connectivity index (χ1v) is 9.79. The number of nitriles is 1. The molecule has 1 N–H and O–H groups in total. The predicted octanol–water partition coefficient (Wildman–Crippen LogP) is 4.59. The van der Waals surface area contributed by atoms with Gasteiger partial charge in [0.2, 0.25) is 5.91 Å². The molecule has 0 bridgehead atoms. The molecule has 1 heterocycles. The summed E-state index contributed by atoms with van der Waals surface area (Å²) in [6.07, 6.45) is 1.90. The number of nitrogens with zero attached hydrogens (tertiary/aromatic N) is 1. The van der Waals surface area contributed by atoms with Crippen LogP contribution in [0, 0.1) is 36.5 Å².